The number of benzene rings is 3. The predicted molar refractivity (Wildman–Crippen MR) is 94.4 cm³/mol. The van der Waals surface area contributed by atoms with Crippen molar-refractivity contribution in [2.45, 2.75) is 6.92 Å². The Hall–Kier alpha value is -3.20. The van der Waals surface area contributed by atoms with E-state index in [1.807, 2.05) is 61.5 Å². The van der Waals surface area contributed by atoms with E-state index in [1.165, 1.54) is 0 Å². The summed E-state index contributed by atoms with van der Waals surface area (Å²) in [7, 11) is 0. The molecule has 3 aromatic carbocycles. The molecule has 0 saturated carbocycles. The lowest BCUT2D eigenvalue weighted by Crippen LogP contribution is -2.15. The smallest absolute Gasteiger partial charge is 0.256 e. The molecule has 1 amide bonds. The molecule has 116 valence electrons. The molecule has 1 N–H and O–H groups in total. The van der Waals surface area contributed by atoms with Gasteiger partial charge in [0.25, 0.3) is 5.91 Å². The van der Waals surface area contributed by atoms with E-state index in [0.717, 1.165) is 16.7 Å². The molecule has 0 fully saturated rings. The Kier molecular flexibility index (Phi) is 3.28. The Morgan fingerprint density at radius 3 is 2.21 bits per heavy atom. The van der Waals surface area contributed by atoms with Gasteiger partial charge < -0.3 is 5.32 Å². The number of fused-ring (bicyclic) bond motifs is 3. The van der Waals surface area contributed by atoms with Crippen LogP contribution in [0.15, 0.2) is 66.7 Å². The van der Waals surface area contributed by atoms with Crippen molar-refractivity contribution in [2.24, 2.45) is 0 Å². The van der Waals surface area contributed by atoms with E-state index < -0.39 is 0 Å². The van der Waals surface area contributed by atoms with Crippen molar-refractivity contribution in [2.75, 3.05) is 5.32 Å². The number of carbonyl (C=O) groups is 2. The van der Waals surface area contributed by atoms with Gasteiger partial charge in [0.05, 0.1) is 5.56 Å². The second kappa shape index (κ2) is 5.46. The second-order valence-corrected chi connectivity index (χ2v) is 5.92. The van der Waals surface area contributed by atoms with Gasteiger partial charge in [-0.25, -0.2) is 0 Å². The maximum absolute atomic E-state index is 12.7. The highest BCUT2D eigenvalue weighted by Gasteiger charge is 2.30. The average Bonchev–Trinajstić information content (AvgIpc) is 2.90. The van der Waals surface area contributed by atoms with Crippen molar-refractivity contribution in [1.29, 1.82) is 0 Å². The maximum Gasteiger partial charge on any atom is 0.256 e. The number of anilines is 1. The highest BCUT2D eigenvalue weighted by Crippen LogP contribution is 2.38. The topological polar surface area (TPSA) is 46.2 Å². The Bertz CT molecular complexity index is 971. The fourth-order valence-corrected chi connectivity index (χ4v) is 3.10. The third-order valence-corrected chi connectivity index (χ3v) is 4.31. The first-order valence-corrected chi connectivity index (χ1v) is 7.80. The summed E-state index contributed by atoms with van der Waals surface area (Å²) in [5, 5.41) is 2.87. The third-order valence-electron chi connectivity index (χ3n) is 4.31. The molecule has 0 bridgehead atoms. The van der Waals surface area contributed by atoms with E-state index in [4.69, 9.17) is 0 Å². The minimum atomic E-state index is -0.267. The van der Waals surface area contributed by atoms with Crippen LogP contribution < -0.4 is 5.32 Å². The van der Waals surface area contributed by atoms with Crippen molar-refractivity contribution in [3.8, 4) is 11.1 Å². The second-order valence-electron chi connectivity index (χ2n) is 5.92. The minimum Gasteiger partial charge on any atom is -0.322 e. The van der Waals surface area contributed by atoms with Crippen molar-refractivity contribution in [1.82, 2.24) is 0 Å². The zero-order valence-electron chi connectivity index (χ0n) is 13.2. The zero-order chi connectivity index (χ0) is 16.7. The van der Waals surface area contributed by atoms with Crippen LogP contribution in [0.25, 0.3) is 11.1 Å². The van der Waals surface area contributed by atoms with Gasteiger partial charge in [-0.3, -0.25) is 9.59 Å². The van der Waals surface area contributed by atoms with Gasteiger partial charge in [-0.05, 0) is 36.2 Å². The van der Waals surface area contributed by atoms with Gasteiger partial charge in [-0.2, -0.15) is 0 Å². The number of carbonyl (C=O) groups excluding carboxylic acids is 2. The molecule has 3 nitrogen and oxygen atoms in total. The van der Waals surface area contributed by atoms with Crippen LogP contribution >= 0.6 is 0 Å². The number of rotatable bonds is 2. The number of hydrogen-bond donors (Lipinski definition) is 1. The molecule has 4 rings (SSSR count). The van der Waals surface area contributed by atoms with Gasteiger partial charge in [0.15, 0.2) is 5.78 Å². The molecule has 0 atom stereocenters. The van der Waals surface area contributed by atoms with Crippen LogP contribution in [-0.4, -0.2) is 11.7 Å². The van der Waals surface area contributed by atoms with Crippen molar-refractivity contribution < 1.29 is 9.59 Å². The molecule has 0 heterocycles. The van der Waals surface area contributed by atoms with Gasteiger partial charge in [0, 0.05) is 16.8 Å². The SMILES string of the molecule is Cc1ccc(NC(=O)c2cccc3c2C(=O)c2ccccc2-3)cc1. The summed E-state index contributed by atoms with van der Waals surface area (Å²) in [6.07, 6.45) is 0. The van der Waals surface area contributed by atoms with Crippen LogP contribution in [-0.2, 0) is 0 Å². The molecule has 0 spiro atoms. The Morgan fingerprint density at radius 2 is 1.46 bits per heavy atom. The molecule has 0 aromatic heterocycles. The molecule has 3 aromatic rings. The van der Waals surface area contributed by atoms with Crippen LogP contribution in [0, 0.1) is 6.92 Å². The van der Waals surface area contributed by atoms with Gasteiger partial charge >= 0.3 is 0 Å². The summed E-state index contributed by atoms with van der Waals surface area (Å²) < 4.78 is 0. The summed E-state index contributed by atoms with van der Waals surface area (Å²) in [6.45, 7) is 1.99. The van der Waals surface area contributed by atoms with Crippen molar-refractivity contribution >= 4 is 17.4 Å². The number of amides is 1. The molecular weight excluding hydrogens is 298 g/mol. The molecule has 0 saturated heterocycles. The first-order valence-electron chi connectivity index (χ1n) is 7.80. The summed E-state index contributed by atoms with van der Waals surface area (Å²) in [4.78, 5) is 25.4. The lowest BCUT2D eigenvalue weighted by molar-refractivity contribution is 0.0999. The Morgan fingerprint density at radius 1 is 0.792 bits per heavy atom. The maximum atomic E-state index is 12.7. The van der Waals surface area contributed by atoms with E-state index in [9.17, 15) is 9.59 Å². The molecule has 0 radical (unpaired) electrons. The molecule has 24 heavy (non-hydrogen) atoms. The highest BCUT2D eigenvalue weighted by atomic mass is 16.2. The Labute approximate surface area is 140 Å². The molecule has 0 unspecified atom stereocenters. The van der Waals surface area contributed by atoms with Gasteiger partial charge in [0.2, 0.25) is 0 Å². The predicted octanol–water partition coefficient (Wildman–Crippen LogP) is 4.46. The average molecular weight is 313 g/mol. The summed E-state index contributed by atoms with van der Waals surface area (Å²) >= 11 is 0. The van der Waals surface area contributed by atoms with Gasteiger partial charge in [0.1, 0.15) is 0 Å². The van der Waals surface area contributed by atoms with Crippen LogP contribution in [0.2, 0.25) is 0 Å². The van der Waals surface area contributed by atoms with Crippen LogP contribution in [0.5, 0.6) is 0 Å². The van der Waals surface area contributed by atoms with E-state index >= 15 is 0 Å². The van der Waals surface area contributed by atoms with E-state index in [-0.39, 0.29) is 11.7 Å². The van der Waals surface area contributed by atoms with Crippen molar-refractivity contribution in [3.63, 3.8) is 0 Å². The number of nitrogens with one attached hydrogen (secondary N) is 1. The van der Waals surface area contributed by atoms with E-state index in [0.29, 0.717) is 22.4 Å². The summed E-state index contributed by atoms with van der Waals surface area (Å²) in [5.41, 5.74) is 5.11. The number of aryl methyl sites for hydroxylation is 1. The van der Waals surface area contributed by atoms with Gasteiger partial charge in [-0.1, -0.05) is 54.1 Å². The standard InChI is InChI=1S/C21H15NO2/c1-13-9-11-14(12-10-13)22-21(24)18-8-4-7-16-15-5-2-3-6-17(15)20(23)19(16)18/h2-12H,1H3,(H,22,24). The molecule has 1 aliphatic rings. The third kappa shape index (κ3) is 2.22. The van der Waals surface area contributed by atoms with Gasteiger partial charge in [-0.15, -0.1) is 0 Å². The monoisotopic (exact) mass is 313 g/mol. The lowest BCUT2D eigenvalue weighted by atomic mass is 10.00. The fourth-order valence-electron chi connectivity index (χ4n) is 3.10. The highest BCUT2D eigenvalue weighted by molar-refractivity contribution is 6.26. The first kappa shape index (κ1) is 14.4. The van der Waals surface area contributed by atoms with E-state index in [2.05, 4.69) is 5.32 Å². The molecule has 3 heteroatoms. The van der Waals surface area contributed by atoms with Crippen molar-refractivity contribution in [3.05, 3.63) is 89.0 Å². The summed E-state index contributed by atoms with van der Waals surface area (Å²) in [5.74, 6) is -0.355. The normalized spacial score (nSPS) is 11.8. The van der Waals surface area contributed by atoms with Crippen LogP contribution in [0.4, 0.5) is 5.69 Å². The first-order chi connectivity index (χ1) is 11.6. The number of ketones is 1. The largest absolute Gasteiger partial charge is 0.322 e. The van der Waals surface area contributed by atoms with Crippen LogP contribution in [0.1, 0.15) is 31.8 Å². The molecule has 1 aliphatic carbocycles. The Balaban J connectivity index is 1.75. The lowest BCUT2D eigenvalue weighted by Gasteiger charge is -2.09. The quantitative estimate of drug-likeness (QED) is 0.594. The zero-order valence-corrected chi connectivity index (χ0v) is 13.2. The minimum absolute atomic E-state index is 0.0877. The molecular formula is C21H15NO2. The van der Waals surface area contributed by atoms with E-state index in [1.54, 1.807) is 12.1 Å². The van der Waals surface area contributed by atoms with Crippen LogP contribution in [0.3, 0.4) is 0 Å². The molecule has 0 aliphatic heterocycles. The summed E-state index contributed by atoms with van der Waals surface area (Å²) in [6, 6.07) is 20.5. The number of hydrogen-bond acceptors (Lipinski definition) is 2. The fraction of sp³-hybridized carbons (Fsp3) is 0.0476.